The van der Waals surface area contributed by atoms with Gasteiger partial charge in [-0.2, -0.15) is 18.2 Å². The van der Waals surface area contributed by atoms with Crippen LogP contribution in [0.5, 0.6) is 0 Å². The van der Waals surface area contributed by atoms with Gasteiger partial charge in [0.2, 0.25) is 0 Å². The summed E-state index contributed by atoms with van der Waals surface area (Å²) in [4.78, 5) is 0. The van der Waals surface area contributed by atoms with Crippen LogP contribution in [0.15, 0.2) is 66.7 Å². The zero-order valence-corrected chi connectivity index (χ0v) is 10.7. The predicted octanol–water partition coefficient (Wildman–Crippen LogP) is 4.47. The van der Waals surface area contributed by atoms with Crippen molar-refractivity contribution >= 4 is 18.6 Å². The van der Waals surface area contributed by atoms with Crippen LogP contribution in [-0.2, 0) is 17.0 Å². The number of hydrogen-bond acceptors (Lipinski definition) is 0. The van der Waals surface area contributed by atoms with E-state index in [1.807, 2.05) is 66.7 Å². The van der Waals surface area contributed by atoms with Gasteiger partial charge in [-0.1, -0.05) is 36.4 Å². The fourth-order valence-corrected chi connectivity index (χ4v) is 0.706. The molecule has 0 bridgehead atoms. The van der Waals surface area contributed by atoms with Gasteiger partial charge < -0.3 is 0 Å². The van der Waals surface area contributed by atoms with E-state index in [0.29, 0.717) is 0 Å². The summed E-state index contributed by atoms with van der Waals surface area (Å²) in [6, 6.07) is 22.0. The molecule has 0 saturated carbocycles. The van der Waals surface area contributed by atoms with Gasteiger partial charge in [0.25, 0.3) is 0 Å². The van der Waals surface area contributed by atoms with Gasteiger partial charge in [-0.15, -0.1) is 0 Å². The van der Waals surface area contributed by atoms with Crippen LogP contribution in [0.2, 0.25) is 0 Å². The maximum atomic E-state index is 4.89. The molecule has 3 heteroatoms. The molecule has 0 nitrogen and oxygen atoms in total. The van der Waals surface area contributed by atoms with E-state index in [9.17, 15) is 0 Å². The third-order valence-corrected chi connectivity index (χ3v) is 1.22. The van der Waals surface area contributed by atoms with Crippen LogP contribution < -0.4 is 0 Å². The molecule has 0 aliphatic rings. The molecule has 0 unspecified atom stereocenters. The second-order valence-corrected chi connectivity index (χ2v) is 4.77. The molecule has 0 aliphatic heterocycles. The number of halogens is 2. The molecule has 0 atom stereocenters. The van der Waals surface area contributed by atoms with Crippen LogP contribution in [0.1, 0.15) is 0 Å². The van der Waals surface area contributed by atoms with Crippen molar-refractivity contribution in [2.45, 2.75) is 0 Å². The Morgan fingerprint density at radius 3 is 1.07 bits per heavy atom. The second kappa shape index (κ2) is 12.9. The summed E-state index contributed by atoms with van der Waals surface area (Å²) < 4.78 is 0. The van der Waals surface area contributed by atoms with E-state index in [1.165, 1.54) is 0 Å². The number of benzene rings is 1. The Bertz CT molecular complexity index is 212. The van der Waals surface area contributed by atoms with Crippen LogP contribution in [-0.4, -0.2) is 0 Å². The molecule has 0 aliphatic carbocycles. The molecule has 0 fully saturated rings. The Balaban J connectivity index is 0.000000193. The van der Waals surface area contributed by atoms with Crippen molar-refractivity contribution in [2.75, 3.05) is 0 Å². The quantitative estimate of drug-likeness (QED) is 0.485. The van der Waals surface area contributed by atoms with E-state index in [0.717, 1.165) is 0 Å². The summed E-state index contributed by atoms with van der Waals surface area (Å²) in [5.41, 5.74) is 0. The summed E-state index contributed by atoms with van der Waals surface area (Å²) in [5, 5.41) is 0. The number of rotatable bonds is 0. The topological polar surface area (TPSA) is 0 Å². The van der Waals surface area contributed by atoms with Crippen LogP contribution in [0.4, 0.5) is 0 Å². The minimum absolute atomic E-state index is 0.556. The maximum Gasteiger partial charge on any atom is -0.0623 e. The predicted molar refractivity (Wildman–Crippen MR) is 60.2 cm³/mol. The van der Waals surface area contributed by atoms with Gasteiger partial charge in [-0.25, -0.2) is 12.1 Å². The van der Waals surface area contributed by atoms with Crippen molar-refractivity contribution in [3.8, 4) is 0 Å². The molecular weight excluding hydrogens is 251 g/mol. The van der Waals surface area contributed by atoms with Gasteiger partial charge in [0.15, 0.2) is 0 Å². The fourth-order valence-electron chi connectivity index (χ4n) is 0.706. The van der Waals surface area contributed by atoms with Gasteiger partial charge in [0.1, 0.15) is 0 Å². The molecule has 0 radical (unpaired) electrons. The van der Waals surface area contributed by atoms with Crippen LogP contribution >= 0.6 is 18.6 Å². The van der Waals surface area contributed by atoms with Crippen molar-refractivity contribution in [3.05, 3.63) is 66.7 Å². The summed E-state index contributed by atoms with van der Waals surface area (Å²) >= 11 is -0.556. The zero-order valence-electron chi connectivity index (χ0n) is 7.61. The molecule has 0 heterocycles. The molecule has 2 rings (SSSR count). The van der Waals surface area contributed by atoms with Gasteiger partial charge in [0.05, 0.1) is 0 Å². The molecule has 0 aromatic heterocycles. The van der Waals surface area contributed by atoms with Crippen LogP contribution in [0.25, 0.3) is 0 Å². The Labute approximate surface area is 102 Å². The first-order chi connectivity index (χ1) is 6.91. The average molecular weight is 262 g/mol. The Morgan fingerprint density at radius 2 is 0.929 bits per heavy atom. The molecule has 0 N–H and O–H groups in total. The first kappa shape index (κ1) is 13.9. The van der Waals surface area contributed by atoms with Crippen LogP contribution in [0, 0.1) is 0 Å². The summed E-state index contributed by atoms with van der Waals surface area (Å²) in [5.74, 6) is 0. The third-order valence-electron chi connectivity index (χ3n) is 1.22. The van der Waals surface area contributed by atoms with Gasteiger partial charge in [-0.3, -0.25) is 0 Å². The van der Waals surface area contributed by atoms with Gasteiger partial charge in [-0.05, 0) is 0 Å². The van der Waals surface area contributed by atoms with Crippen LogP contribution in [0.3, 0.4) is 0 Å². The first-order valence-corrected chi connectivity index (χ1v) is 8.34. The zero-order chi connectivity index (χ0) is 10.5. The molecule has 0 amide bonds. The van der Waals surface area contributed by atoms with E-state index < -0.39 is 17.0 Å². The van der Waals surface area contributed by atoms with Crippen molar-refractivity contribution in [2.24, 2.45) is 0 Å². The van der Waals surface area contributed by atoms with E-state index in [1.54, 1.807) is 0 Å². The number of hydrogen-bond donors (Lipinski definition) is 0. The average Bonchev–Trinajstić information content (AvgIpc) is 2.80. The van der Waals surface area contributed by atoms with E-state index >= 15 is 0 Å². The molecule has 0 saturated heterocycles. The minimum atomic E-state index is -0.556. The normalized spacial score (nSPS) is 7.29. The van der Waals surface area contributed by atoms with Crippen molar-refractivity contribution in [1.82, 2.24) is 0 Å². The molecule has 14 heavy (non-hydrogen) atoms. The Kier molecular flexibility index (Phi) is 12.7. The largest absolute Gasteiger partial charge is 0.214 e. The maximum absolute atomic E-state index is 4.89. The van der Waals surface area contributed by atoms with Crippen molar-refractivity contribution < 1.29 is 17.0 Å². The standard InChI is InChI=1S/C6H6.C5H5.2ClH.Ti/c1-2-4-6-5-3-1;1-2-4-5-3-1;;;/h1-6H;1-5H;2*1H;/q;-1;;;+2/p-2. The van der Waals surface area contributed by atoms with Crippen molar-refractivity contribution in [3.63, 3.8) is 0 Å². The molecular formula is C11H11Cl2Ti-. The second-order valence-electron chi connectivity index (χ2n) is 2.19. The third kappa shape index (κ3) is 11.9. The smallest absolute Gasteiger partial charge is 0.0623 e. The van der Waals surface area contributed by atoms with Gasteiger partial charge in [0, 0.05) is 0 Å². The van der Waals surface area contributed by atoms with E-state index in [2.05, 4.69) is 0 Å². The molecule has 0 spiro atoms. The Morgan fingerprint density at radius 1 is 0.643 bits per heavy atom. The van der Waals surface area contributed by atoms with Gasteiger partial charge >= 0.3 is 35.6 Å². The first-order valence-electron chi connectivity index (χ1n) is 4.04. The van der Waals surface area contributed by atoms with Crippen molar-refractivity contribution in [1.29, 1.82) is 0 Å². The summed E-state index contributed by atoms with van der Waals surface area (Å²) in [7, 11) is 9.78. The fraction of sp³-hybridized carbons (Fsp3) is 0. The van der Waals surface area contributed by atoms with E-state index in [-0.39, 0.29) is 0 Å². The summed E-state index contributed by atoms with van der Waals surface area (Å²) in [6.45, 7) is 0. The summed E-state index contributed by atoms with van der Waals surface area (Å²) in [6.07, 6.45) is 0. The molecule has 74 valence electrons. The molecule has 2 aromatic carbocycles. The monoisotopic (exact) mass is 261 g/mol. The minimum Gasteiger partial charge on any atom is -0.214 e. The Hall–Kier alpha value is -0.136. The molecule has 2 aromatic rings. The van der Waals surface area contributed by atoms with E-state index in [4.69, 9.17) is 18.6 Å². The SMILES string of the molecule is [Cl][Ti][Cl].c1cc[cH-]c1.c1ccccc1.